The molecule has 6 heteroatoms. The molecule has 2 unspecified atom stereocenters. The maximum absolute atomic E-state index is 12.6. The summed E-state index contributed by atoms with van der Waals surface area (Å²) >= 11 is 0. The summed E-state index contributed by atoms with van der Waals surface area (Å²) in [6.07, 6.45) is 5.27. The fraction of sp³-hybridized carbons (Fsp3) is 0.625. The number of amides is 1. The molecular formula is C16H26ClN3O2. The quantitative estimate of drug-likeness (QED) is 0.814. The summed E-state index contributed by atoms with van der Waals surface area (Å²) in [6, 6.07) is 3.97. The van der Waals surface area contributed by atoms with Crippen molar-refractivity contribution in [2.45, 2.75) is 38.8 Å². The molecule has 2 heterocycles. The van der Waals surface area contributed by atoms with Gasteiger partial charge in [0, 0.05) is 38.6 Å². The smallest absolute Gasteiger partial charge is 0.252 e. The van der Waals surface area contributed by atoms with Crippen molar-refractivity contribution in [1.82, 2.24) is 15.2 Å². The molecule has 0 saturated carbocycles. The van der Waals surface area contributed by atoms with E-state index in [1.54, 1.807) is 6.20 Å². The first kappa shape index (κ1) is 18.9. The topological polar surface area (TPSA) is 54.5 Å². The number of nitrogens with one attached hydrogen (secondary N) is 1. The molecule has 5 nitrogen and oxygen atoms in total. The SMILES string of the molecule is CCCCOC(C)C(=O)N1CCNCC1c1cccnc1.Cl. The van der Waals surface area contributed by atoms with Crippen LogP contribution in [0.1, 0.15) is 38.3 Å². The number of carbonyl (C=O) groups excluding carboxylic acids is 1. The number of pyridine rings is 1. The number of unbranched alkanes of at least 4 members (excludes halogenated alkanes) is 1. The highest BCUT2D eigenvalue weighted by atomic mass is 35.5. The van der Waals surface area contributed by atoms with Gasteiger partial charge in [0.25, 0.3) is 5.91 Å². The number of halogens is 1. The fourth-order valence-electron chi connectivity index (χ4n) is 2.55. The van der Waals surface area contributed by atoms with Gasteiger partial charge in [-0.25, -0.2) is 0 Å². The van der Waals surface area contributed by atoms with Crippen molar-refractivity contribution in [3.05, 3.63) is 30.1 Å². The monoisotopic (exact) mass is 327 g/mol. The average molecular weight is 328 g/mol. The molecule has 1 amide bonds. The molecule has 2 rings (SSSR count). The third-order valence-corrected chi connectivity index (χ3v) is 3.81. The van der Waals surface area contributed by atoms with E-state index in [1.165, 1.54) is 0 Å². The Morgan fingerprint density at radius 2 is 2.41 bits per heavy atom. The Morgan fingerprint density at radius 1 is 1.59 bits per heavy atom. The minimum Gasteiger partial charge on any atom is -0.369 e. The molecule has 1 aromatic rings. The van der Waals surface area contributed by atoms with Crippen LogP contribution >= 0.6 is 12.4 Å². The molecule has 0 aromatic carbocycles. The number of hydrogen-bond donors (Lipinski definition) is 1. The molecule has 1 aliphatic heterocycles. The van der Waals surface area contributed by atoms with Gasteiger partial charge in [0.1, 0.15) is 6.10 Å². The number of rotatable bonds is 6. The Morgan fingerprint density at radius 3 is 3.09 bits per heavy atom. The zero-order valence-electron chi connectivity index (χ0n) is 13.3. The molecule has 0 radical (unpaired) electrons. The van der Waals surface area contributed by atoms with Gasteiger partial charge in [0.2, 0.25) is 0 Å². The third kappa shape index (κ3) is 4.93. The number of hydrogen-bond acceptors (Lipinski definition) is 4. The summed E-state index contributed by atoms with van der Waals surface area (Å²) in [5.74, 6) is 0.0708. The van der Waals surface area contributed by atoms with Gasteiger partial charge in [-0.2, -0.15) is 0 Å². The Hall–Kier alpha value is -1.17. The third-order valence-electron chi connectivity index (χ3n) is 3.81. The Kier molecular flexibility index (Phi) is 8.38. The van der Waals surface area contributed by atoms with Crippen molar-refractivity contribution in [2.75, 3.05) is 26.2 Å². The van der Waals surface area contributed by atoms with E-state index < -0.39 is 0 Å². The first-order chi connectivity index (χ1) is 10.2. The van der Waals surface area contributed by atoms with Crippen molar-refractivity contribution >= 4 is 18.3 Å². The van der Waals surface area contributed by atoms with Crippen molar-refractivity contribution < 1.29 is 9.53 Å². The first-order valence-corrected chi connectivity index (χ1v) is 7.76. The standard InChI is InChI=1S/C16H25N3O2.ClH/c1-3-4-10-21-13(2)16(20)19-9-8-18-12-15(19)14-6-5-7-17-11-14;/h5-7,11,13,15,18H,3-4,8-10,12H2,1-2H3;1H. The van der Waals surface area contributed by atoms with E-state index in [2.05, 4.69) is 17.2 Å². The number of ether oxygens (including phenoxy) is 1. The molecule has 1 fully saturated rings. The van der Waals surface area contributed by atoms with E-state index in [-0.39, 0.29) is 30.5 Å². The van der Waals surface area contributed by atoms with Crippen LogP contribution in [0.25, 0.3) is 0 Å². The number of carbonyl (C=O) groups is 1. The van der Waals surface area contributed by atoms with Crippen molar-refractivity contribution in [1.29, 1.82) is 0 Å². The molecule has 0 spiro atoms. The minimum absolute atomic E-state index is 0. The van der Waals surface area contributed by atoms with Gasteiger partial charge in [-0.05, 0) is 25.0 Å². The summed E-state index contributed by atoms with van der Waals surface area (Å²) in [6.45, 7) is 6.90. The van der Waals surface area contributed by atoms with Crippen molar-refractivity contribution in [2.24, 2.45) is 0 Å². The highest BCUT2D eigenvalue weighted by Crippen LogP contribution is 2.22. The van der Waals surface area contributed by atoms with Gasteiger partial charge in [-0.1, -0.05) is 19.4 Å². The zero-order valence-corrected chi connectivity index (χ0v) is 14.1. The van der Waals surface area contributed by atoms with Gasteiger partial charge >= 0.3 is 0 Å². The summed E-state index contributed by atoms with van der Waals surface area (Å²) in [4.78, 5) is 18.7. The van der Waals surface area contributed by atoms with Crippen LogP contribution in [0.4, 0.5) is 0 Å². The van der Waals surface area contributed by atoms with Crippen LogP contribution in [-0.4, -0.2) is 48.1 Å². The van der Waals surface area contributed by atoms with Crippen LogP contribution in [0.3, 0.4) is 0 Å². The predicted octanol–water partition coefficient (Wildman–Crippen LogP) is 2.18. The molecule has 1 aliphatic rings. The zero-order chi connectivity index (χ0) is 15.1. The molecule has 124 valence electrons. The van der Waals surface area contributed by atoms with Gasteiger partial charge in [-0.15, -0.1) is 12.4 Å². The molecule has 22 heavy (non-hydrogen) atoms. The lowest BCUT2D eigenvalue weighted by atomic mass is 10.0. The van der Waals surface area contributed by atoms with Gasteiger partial charge in [-0.3, -0.25) is 9.78 Å². The highest BCUT2D eigenvalue weighted by Gasteiger charge is 2.30. The van der Waals surface area contributed by atoms with E-state index in [4.69, 9.17) is 4.74 Å². The van der Waals surface area contributed by atoms with Gasteiger partial charge < -0.3 is 15.0 Å². The lowest BCUT2D eigenvalue weighted by molar-refractivity contribution is -0.146. The van der Waals surface area contributed by atoms with Crippen LogP contribution in [0.2, 0.25) is 0 Å². The molecule has 0 aliphatic carbocycles. The Bertz CT molecular complexity index is 444. The van der Waals surface area contributed by atoms with Crippen LogP contribution in [0.15, 0.2) is 24.5 Å². The van der Waals surface area contributed by atoms with E-state index >= 15 is 0 Å². The van der Waals surface area contributed by atoms with Crippen LogP contribution < -0.4 is 5.32 Å². The summed E-state index contributed by atoms with van der Waals surface area (Å²) in [5.41, 5.74) is 1.07. The van der Waals surface area contributed by atoms with E-state index in [0.29, 0.717) is 13.2 Å². The number of piperazine rings is 1. The van der Waals surface area contributed by atoms with Crippen LogP contribution in [0, 0.1) is 0 Å². The van der Waals surface area contributed by atoms with E-state index in [0.717, 1.165) is 31.5 Å². The maximum Gasteiger partial charge on any atom is 0.252 e. The predicted molar refractivity (Wildman–Crippen MR) is 89.1 cm³/mol. The van der Waals surface area contributed by atoms with Crippen molar-refractivity contribution in [3.8, 4) is 0 Å². The first-order valence-electron chi connectivity index (χ1n) is 7.76. The maximum atomic E-state index is 12.6. The van der Waals surface area contributed by atoms with Crippen LogP contribution in [-0.2, 0) is 9.53 Å². The lowest BCUT2D eigenvalue weighted by Crippen LogP contribution is -2.51. The normalized spacial score (nSPS) is 19.4. The molecular weight excluding hydrogens is 302 g/mol. The molecule has 2 atom stereocenters. The summed E-state index contributed by atoms with van der Waals surface area (Å²) < 4.78 is 5.65. The molecule has 1 aromatic heterocycles. The second kappa shape index (κ2) is 9.77. The largest absolute Gasteiger partial charge is 0.369 e. The highest BCUT2D eigenvalue weighted by molar-refractivity contribution is 5.85. The Balaban J connectivity index is 0.00000242. The summed E-state index contributed by atoms with van der Waals surface area (Å²) in [7, 11) is 0. The second-order valence-corrected chi connectivity index (χ2v) is 5.40. The molecule has 0 bridgehead atoms. The van der Waals surface area contributed by atoms with Gasteiger partial charge in [0.05, 0.1) is 6.04 Å². The molecule has 1 N–H and O–H groups in total. The van der Waals surface area contributed by atoms with Crippen molar-refractivity contribution in [3.63, 3.8) is 0 Å². The second-order valence-electron chi connectivity index (χ2n) is 5.40. The number of aromatic nitrogens is 1. The fourth-order valence-corrected chi connectivity index (χ4v) is 2.55. The molecule has 1 saturated heterocycles. The van der Waals surface area contributed by atoms with Crippen LogP contribution in [0.5, 0.6) is 0 Å². The van der Waals surface area contributed by atoms with E-state index in [1.807, 2.05) is 30.2 Å². The Labute approximate surface area is 138 Å². The van der Waals surface area contributed by atoms with E-state index in [9.17, 15) is 4.79 Å². The summed E-state index contributed by atoms with van der Waals surface area (Å²) in [5, 5.41) is 3.35. The lowest BCUT2D eigenvalue weighted by Gasteiger charge is -2.37. The number of nitrogens with zero attached hydrogens (tertiary/aromatic N) is 2. The minimum atomic E-state index is -0.381. The van der Waals surface area contributed by atoms with Gasteiger partial charge in [0.15, 0.2) is 0 Å². The average Bonchev–Trinajstić information content (AvgIpc) is 2.55.